The van der Waals surface area contributed by atoms with Crippen molar-refractivity contribution in [2.75, 3.05) is 37.5 Å². The van der Waals surface area contributed by atoms with Crippen LogP contribution in [0.2, 0.25) is 0 Å². The van der Waals surface area contributed by atoms with Crippen molar-refractivity contribution < 1.29 is 14.3 Å². The molecule has 1 aromatic heterocycles. The van der Waals surface area contributed by atoms with Gasteiger partial charge in [-0.25, -0.2) is 14.8 Å². The van der Waals surface area contributed by atoms with Crippen LogP contribution in [0.3, 0.4) is 0 Å². The number of benzene rings is 2. The lowest BCUT2D eigenvalue weighted by atomic mass is 9.92. The normalized spacial score (nSPS) is 11.0. The monoisotopic (exact) mass is 448 g/mol. The topological polar surface area (TPSA) is 121 Å². The molecule has 9 heteroatoms. The van der Waals surface area contributed by atoms with Gasteiger partial charge in [-0.05, 0) is 56.7 Å². The van der Waals surface area contributed by atoms with E-state index in [1.54, 1.807) is 19.2 Å². The number of ether oxygens (including phenoxy) is 2. The molecule has 0 atom stereocenters. The zero-order valence-corrected chi connectivity index (χ0v) is 19.0. The summed E-state index contributed by atoms with van der Waals surface area (Å²) >= 11 is 0. The summed E-state index contributed by atoms with van der Waals surface area (Å²) < 4.78 is 10.6. The molecule has 0 aliphatic carbocycles. The highest BCUT2D eigenvalue weighted by atomic mass is 16.5. The van der Waals surface area contributed by atoms with Gasteiger partial charge in [0.2, 0.25) is 0 Å². The second kappa shape index (κ2) is 11.1. The quantitative estimate of drug-likeness (QED) is 0.392. The SMILES string of the molecule is COCCOc1ccc2c(Nc3ccc(NC(=O)NCCC(C)(C)C#N)cc3)ncnc2c1. The number of nitriles is 1. The van der Waals surface area contributed by atoms with Gasteiger partial charge in [0.25, 0.3) is 0 Å². The Morgan fingerprint density at radius 1 is 1.09 bits per heavy atom. The molecule has 3 N–H and O–H groups in total. The van der Waals surface area contributed by atoms with Crippen LogP contribution < -0.4 is 20.7 Å². The van der Waals surface area contributed by atoms with Crippen molar-refractivity contribution in [2.45, 2.75) is 20.3 Å². The Balaban J connectivity index is 1.59. The molecule has 2 aromatic carbocycles. The van der Waals surface area contributed by atoms with Crippen LogP contribution in [0.4, 0.5) is 22.0 Å². The summed E-state index contributed by atoms with van der Waals surface area (Å²) in [4.78, 5) is 20.7. The first kappa shape index (κ1) is 23.8. The predicted molar refractivity (Wildman–Crippen MR) is 128 cm³/mol. The zero-order chi connectivity index (χ0) is 23.7. The first-order valence-corrected chi connectivity index (χ1v) is 10.6. The maximum absolute atomic E-state index is 12.1. The van der Waals surface area contributed by atoms with Crippen molar-refractivity contribution in [1.29, 1.82) is 5.26 Å². The van der Waals surface area contributed by atoms with E-state index < -0.39 is 5.41 Å². The summed E-state index contributed by atoms with van der Waals surface area (Å²) in [6.45, 7) is 5.09. The lowest BCUT2D eigenvalue weighted by molar-refractivity contribution is 0.146. The Morgan fingerprint density at radius 2 is 1.85 bits per heavy atom. The standard InChI is InChI=1S/C24H28N6O3/c1-24(2,15-25)10-11-26-23(31)30-18-6-4-17(5-7-18)29-22-20-9-8-19(33-13-12-32-3)14-21(20)27-16-28-22/h4-9,14,16H,10-13H2,1-3H3,(H2,26,30,31)(H,27,28,29). The molecule has 1 heterocycles. The molecule has 0 spiro atoms. The van der Waals surface area contributed by atoms with Crippen molar-refractivity contribution in [1.82, 2.24) is 15.3 Å². The van der Waals surface area contributed by atoms with Crippen molar-refractivity contribution in [3.63, 3.8) is 0 Å². The highest BCUT2D eigenvalue weighted by Gasteiger charge is 2.16. The lowest BCUT2D eigenvalue weighted by Crippen LogP contribution is -2.31. The van der Waals surface area contributed by atoms with Crippen LogP contribution >= 0.6 is 0 Å². The van der Waals surface area contributed by atoms with Gasteiger partial charge in [0.15, 0.2) is 0 Å². The molecule has 3 rings (SSSR count). The third-order valence-electron chi connectivity index (χ3n) is 4.91. The van der Waals surface area contributed by atoms with Crippen LogP contribution in [0.25, 0.3) is 10.9 Å². The third kappa shape index (κ3) is 7.05. The van der Waals surface area contributed by atoms with Crippen LogP contribution in [0.1, 0.15) is 20.3 Å². The van der Waals surface area contributed by atoms with E-state index in [4.69, 9.17) is 14.7 Å². The van der Waals surface area contributed by atoms with E-state index in [0.29, 0.717) is 43.4 Å². The summed E-state index contributed by atoms with van der Waals surface area (Å²) in [7, 11) is 1.63. The molecule has 3 aromatic rings. The Bertz CT molecular complexity index is 1130. The minimum atomic E-state index is -0.468. The molecule has 2 amide bonds. The average molecular weight is 449 g/mol. The fourth-order valence-electron chi connectivity index (χ4n) is 2.96. The van der Waals surface area contributed by atoms with E-state index in [2.05, 4.69) is 32.0 Å². The van der Waals surface area contributed by atoms with Crippen LogP contribution in [0.15, 0.2) is 48.8 Å². The average Bonchev–Trinajstić information content (AvgIpc) is 2.80. The number of nitrogens with one attached hydrogen (secondary N) is 3. The molecule has 0 bridgehead atoms. The number of aromatic nitrogens is 2. The van der Waals surface area contributed by atoms with Gasteiger partial charge in [0, 0.05) is 36.5 Å². The number of hydrogen-bond acceptors (Lipinski definition) is 7. The number of methoxy groups -OCH3 is 1. The number of amides is 2. The van der Waals surface area contributed by atoms with Crippen molar-refractivity contribution in [3.8, 4) is 11.8 Å². The fourth-order valence-corrected chi connectivity index (χ4v) is 2.96. The highest BCUT2D eigenvalue weighted by Crippen LogP contribution is 2.26. The number of nitrogens with zero attached hydrogens (tertiary/aromatic N) is 3. The number of carbonyl (C=O) groups excluding carboxylic acids is 1. The summed E-state index contributed by atoms with van der Waals surface area (Å²) in [5.41, 5.74) is 1.77. The molecular weight excluding hydrogens is 420 g/mol. The first-order chi connectivity index (χ1) is 15.9. The van der Waals surface area contributed by atoms with E-state index in [-0.39, 0.29) is 6.03 Å². The van der Waals surface area contributed by atoms with Gasteiger partial charge in [-0.2, -0.15) is 5.26 Å². The number of carbonyl (C=O) groups is 1. The Labute approximate surface area is 193 Å². The zero-order valence-electron chi connectivity index (χ0n) is 19.0. The Hall–Kier alpha value is -3.90. The summed E-state index contributed by atoms with van der Waals surface area (Å²) in [6.07, 6.45) is 2.07. The molecule has 9 nitrogen and oxygen atoms in total. The molecule has 172 valence electrons. The number of fused-ring (bicyclic) bond motifs is 1. The van der Waals surface area contributed by atoms with Crippen LogP contribution in [-0.4, -0.2) is 42.9 Å². The summed E-state index contributed by atoms with van der Waals surface area (Å²) in [5.74, 6) is 1.39. The molecule has 0 aliphatic rings. The number of urea groups is 1. The third-order valence-corrected chi connectivity index (χ3v) is 4.91. The second-order valence-corrected chi connectivity index (χ2v) is 8.07. The van der Waals surface area contributed by atoms with Gasteiger partial charge in [-0.15, -0.1) is 0 Å². The van der Waals surface area contributed by atoms with Gasteiger partial charge >= 0.3 is 6.03 Å². The molecule has 0 fully saturated rings. The fraction of sp³-hybridized carbons (Fsp3) is 0.333. The van der Waals surface area contributed by atoms with Gasteiger partial charge < -0.3 is 25.4 Å². The van der Waals surface area contributed by atoms with E-state index in [0.717, 1.165) is 16.6 Å². The van der Waals surface area contributed by atoms with E-state index in [1.807, 2.05) is 44.2 Å². The molecule has 0 radical (unpaired) electrons. The number of rotatable bonds is 10. The van der Waals surface area contributed by atoms with Crippen molar-refractivity contribution in [3.05, 3.63) is 48.8 Å². The van der Waals surface area contributed by atoms with E-state index in [9.17, 15) is 4.79 Å². The smallest absolute Gasteiger partial charge is 0.319 e. The summed E-state index contributed by atoms with van der Waals surface area (Å²) in [5, 5.41) is 18.7. The van der Waals surface area contributed by atoms with E-state index >= 15 is 0 Å². The van der Waals surface area contributed by atoms with Gasteiger partial charge in [-0.1, -0.05) is 0 Å². The summed E-state index contributed by atoms with van der Waals surface area (Å²) in [6, 6.07) is 14.8. The molecule has 0 aliphatic heterocycles. The van der Waals surface area contributed by atoms with Crippen molar-refractivity contribution in [2.24, 2.45) is 5.41 Å². The Morgan fingerprint density at radius 3 is 2.58 bits per heavy atom. The molecule has 0 saturated carbocycles. The van der Waals surface area contributed by atoms with Crippen LogP contribution in [-0.2, 0) is 4.74 Å². The largest absolute Gasteiger partial charge is 0.491 e. The van der Waals surface area contributed by atoms with Crippen LogP contribution in [0.5, 0.6) is 5.75 Å². The van der Waals surface area contributed by atoms with E-state index in [1.165, 1.54) is 6.33 Å². The molecule has 0 saturated heterocycles. The minimum Gasteiger partial charge on any atom is -0.491 e. The van der Waals surface area contributed by atoms with Crippen molar-refractivity contribution >= 4 is 34.1 Å². The predicted octanol–water partition coefficient (Wildman–Crippen LogP) is 4.46. The lowest BCUT2D eigenvalue weighted by Gasteiger charge is -2.15. The minimum absolute atomic E-state index is 0.310. The Kier molecular flexibility index (Phi) is 8.00. The highest BCUT2D eigenvalue weighted by molar-refractivity contribution is 5.92. The number of hydrogen-bond donors (Lipinski definition) is 3. The molecule has 33 heavy (non-hydrogen) atoms. The van der Waals surface area contributed by atoms with Crippen LogP contribution in [0, 0.1) is 16.7 Å². The van der Waals surface area contributed by atoms with Gasteiger partial charge in [0.1, 0.15) is 24.5 Å². The molecular formula is C24H28N6O3. The second-order valence-electron chi connectivity index (χ2n) is 8.07. The molecule has 0 unspecified atom stereocenters. The maximum atomic E-state index is 12.1. The maximum Gasteiger partial charge on any atom is 0.319 e. The number of anilines is 3. The first-order valence-electron chi connectivity index (χ1n) is 10.6. The van der Waals surface area contributed by atoms with Gasteiger partial charge in [-0.3, -0.25) is 0 Å². The van der Waals surface area contributed by atoms with Gasteiger partial charge in [0.05, 0.1) is 23.6 Å².